The summed E-state index contributed by atoms with van der Waals surface area (Å²) in [6.07, 6.45) is 6.35. The van der Waals surface area contributed by atoms with E-state index in [1.54, 1.807) is 4.90 Å². The van der Waals surface area contributed by atoms with E-state index in [4.69, 9.17) is 9.72 Å². The van der Waals surface area contributed by atoms with Crippen LogP contribution in [0.1, 0.15) is 59.3 Å². The van der Waals surface area contributed by atoms with E-state index in [0.29, 0.717) is 12.1 Å². The van der Waals surface area contributed by atoms with E-state index in [1.807, 2.05) is 49.5 Å². The number of nitrogens with zero attached hydrogens (tertiary/aromatic N) is 3. The first kappa shape index (κ1) is 23.5. The maximum Gasteiger partial charge on any atom is 0.339 e. The molecule has 1 amide bonds. The van der Waals surface area contributed by atoms with Crippen molar-refractivity contribution in [1.29, 1.82) is 0 Å². The number of hydrogen-bond donors (Lipinski definition) is 0. The van der Waals surface area contributed by atoms with E-state index in [1.165, 1.54) is 12.0 Å². The van der Waals surface area contributed by atoms with Crippen molar-refractivity contribution >= 4 is 22.8 Å². The number of hydrogen-bond acceptors (Lipinski definition) is 5. The lowest BCUT2D eigenvalue weighted by Crippen LogP contribution is -2.40. The van der Waals surface area contributed by atoms with E-state index < -0.39 is 5.97 Å². The Balaban J connectivity index is 1.37. The molecule has 6 nitrogen and oxygen atoms in total. The molecule has 0 saturated heterocycles. The van der Waals surface area contributed by atoms with Gasteiger partial charge in [-0.3, -0.25) is 14.7 Å². The third-order valence-electron chi connectivity index (χ3n) is 7.42. The second-order valence-electron chi connectivity index (χ2n) is 9.75. The van der Waals surface area contributed by atoms with Crippen LogP contribution in [0.25, 0.3) is 10.9 Å². The fourth-order valence-electron chi connectivity index (χ4n) is 5.43. The van der Waals surface area contributed by atoms with Crippen LogP contribution in [-0.4, -0.2) is 52.9 Å². The molecule has 2 aliphatic rings. The number of amides is 1. The number of likely N-dealkylation sites (N-methyl/N-ethyl adjacent to an activating group) is 1. The van der Waals surface area contributed by atoms with E-state index in [9.17, 15) is 9.59 Å². The van der Waals surface area contributed by atoms with Crippen LogP contribution in [-0.2, 0) is 29.0 Å². The number of carbonyl (C=O) groups is 2. The second-order valence-corrected chi connectivity index (χ2v) is 9.75. The first-order valence-electron chi connectivity index (χ1n) is 12.7. The van der Waals surface area contributed by atoms with Crippen molar-refractivity contribution < 1.29 is 14.3 Å². The minimum absolute atomic E-state index is 0.136. The molecule has 0 unspecified atom stereocenters. The van der Waals surface area contributed by atoms with E-state index in [2.05, 4.69) is 17.0 Å². The van der Waals surface area contributed by atoms with Crippen LogP contribution in [0, 0.1) is 0 Å². The van der Waals surface area contributed by atoms with Crippen LogP contribution in [0.5, 0.6) is 0 Å². The topological polar surface area (TPSA) is 62.7 Å². The van der Waals surface area contributed by atoms with Gasteiger partial charge in [-0.1, -0.05) is 67.8 Å². The molecule has 2 aromatic carbocycles. The maximum atomic E-state index is 13.5. The number of para-hydroxylation sites is 1. The number of fused-ring (bicyclic) bond motifs is 2. The van der Waals surface area contributed by atoms with Crippen LogP contribution in [0.4, 0.5) is 0 Å². The lowest BCUT2D eigenvalue weighted by Gasteiger charge is -2.31. The highest BCUT2D eigenvalue weighted by atomic mass is 16.5. The summed E-state index contributed by atoms with van der Waals surface area (Å²) in [6, 6.07) is 18.3. The molecule has 182 valence electrons. The highest BCUT2D eigenvalue weighted by molar-refractivity contribution is 6.05. The van der Waals surface area contributed by atoms with Crippen molar-refractivity contribution in [2.45, 2.75) is 57.7 Å². The number of carbonyl (C=O) groups excluding carboxylic acids is 2. The van der Waals surface area contributed by atoms with Gasteiger partial charge in [-0.15, -0.1) is 0 Å². The molecule has 2 heterocycles. The molecule has 6 heteroatoms. The Labute approximate surface area is 206 Å². The van der Waals surface area contributed by atoms with Gasteiger partial charge in [-0.25, -0.2) is 4.79 Å². The molecule has 1 saturated carbocycles. The Morgan fingerprint density at radius 3 is 2.57 bits per heavy atom. The van der Waals surface area contributed by atoms with Crippen LogP contribution in [0.15, 0.2) is 54.6 Å². The van der Waals surface area contributed by atoms with Gasteiger partial charge in [0.1, 0.15) is 0 Å². The molecule has 1 aliphatic heterocycles. The molecule has 0 radical (unpaired) electrons. The summed E-state index contributed by atoms with van der Waals surface area (Å²) in [7, 11) is 1.83. The molecule has 0 spiro atoms. The Hall–Kier alpha value is -3.25. The zero-order valence-electron chi connectivity index (χ0n) is 20.4. The van der Waals surface area contributed by atoms with Gasteiger partial charge in [0.15, 0.2) is 6.61 Å². The Kier molecular flexibility index (Phi) is 7.09. The molecule has 0 N–H and O–H groups in total. The first-order valence-corrected chi connectivity index (χ1v) is 12.7. The van der Waals surface area contributed by atoms with Crippen molar-refractivity contribution in [3.05, 3.63) is 77.0 Å². The van der Waals surface area contributed by atoms with Gasteiger partial charge in [-0.05, 0) is 24.5 Å². The minimum Gasteiger partial charge on any atom is -0.452 e. The van der Waals surface area contributed by atoms with Gasteiger partial charge in [0.2, 0.25) is 0 Å². The Morgan fingerprint density at radius 2 is 1.77 bits per heavy atom. The summed E-state index contributed by atoms with van der Waals surface area (Å²) in [5, 5.41) is 0.783. The number of rotatable bonds is 6. The number of benzene rings is 2. The van der Waals surface area contributed by atoms with Crippen LogP contribution in [0.2, 0.25) is 0 Å². The lowest BCUT2D eigenvalue weighted by atomic mass is 9.94. The highest BCUT2D eigenvalue weighted by Crippen LogP contribution is 2.29. The summed E-state index contributed by atoms with van der Waals surface area (Å²) >= 11 is 0. The standard InChI is InChI=1S/C29H33N3O3/c1-31(22-12-6-3-7-13-22)27(33)20-35-29(34)28-23-14-8-9-15-25(23)30-26-16-17-32(19-24(26)28)18-21-10-4-2-5-11-21/h2,4-5,8-11,14-15,22H,3,6-7,12-13,16-20H2,1H3. The molecular formula is C29H33N3O3. The summed E-state index contributed by atoms with van der Waals surface area (Å²) in [4.78, 5) is 35.3. The average molecular weight is 472 g/mol. The zero-order chi connectivity index (χ0) is 24.2. The van der Waals surface area contributed by atoms with Crippen LogP contribution in [0.3, 0.4) is 0 Å². The van der Waals surface area contributed by atoms with Crippen molar-refractivity contribution in [1.82, 2.24) is 14.8 Å². The smallest absolute Gasteiger partial charge is 0.339 e. The predicted molar refractivity (Wildman–Crippen MR) is 136 cm³/mol. The molecule has 1 fully saturated rings. The SMILES string of the molecule is CN(C(=O)COC(=O)c1c2c(nc3ccccc13)CCN(Cc1ccccc1)C2)C1CCCCC1. The first-order chi connectivity index (χ1) is 17.1. The van der Waals surface area contributed by atoms with Crippen molar-refractivity contribution in [3.63, 3.8) is 0 Å². The van der Waals surface area contributed by atoms with Crippen molar-refractivity contribution in [2.24, 2.45) is 0 Å². The third kappa shape index (κ3) is 5.22. The molecule has 1 aliphatic carbocycles. The van der Waals surface area contributed by atoms with Gasteiger partial charge in [0.05, 0.1) is 11.1 Å². The van der Waals surface area contributed by atoms with Gasteiger partial charge in [0, 0.05) is 55.8 Å². The molecular weight excluding hydrogens is 438 g/mol. The van der Waals surface area contributed by atoms with E-state index in [0.717, 1.165) is 67.4 Å². The summed E-state index contributed by atoms with van der Waals surface area (Å²) in [6.45, 7) is 2.09. The lowest BCUT2D eigenvalue weighted by molar-refractivity contribution is -0.135. The second kappa shape index (κ2) is 10.6. The van der Waals surface area contributed by atoms with E-state index >= 15 is 0 Å². The van der Waals surface area contributed by atoms with Gasteiger partial charge < -0.3 is 9.64 Å². The minimum atomic E-state index is -0.438. The highest BCUT2D eigenvalue weighted by Gasteiger charge is 2.28. The summed E-state index contributed by atoms with van der Waals surface area (Å²) in [5.74, 6) is -0.574. The van der Waals surface area contributed by atoms with Gasteiger partial charge in [-0.2, -0.15) is 0 Å². The summed E-state index contributed by atoms with van der Waals surface area (Å²) < 4.78 is 5.65. The largest absolute Gasteiger partial charge is 0.452 e. The Bertz CT molecular complexity index is 1200. The van der Waals surface area contributed by atoms with E-state index in [-0.39, 0.29) is 18.6 Å². The molecule has 1 aromatic heterocycles. The quantitative estimate of drug-likeness (QED) is 0.486. The molecule has 0 bridgehead atoms. The van der Waals surface area contributed by atoms with Crippen molar-refractivity contribution in [2.75, 3.05) is 20.2 Å². The van der Waals surface area contributed by atoms with Gasteiger partial charge >= 0.3 is 5.97 Å². The summed E-state index contributed by atoms with van der Waals surface area (Å²) in [5.41, 5.74) is 4.46. The molecule has 3 aromatic rings. The maximum absolute atomic E-state index is 13.5. The average Bonchev–Trinajstić information content (AvgIpc) is 2.91. The van der Waals surface area contributed by atoms with Crippen molar-refractivity contribution in [3.8, 4) is 0 Å². The monoisotopic (exact) mass is 471 g/mol. The van der Waals surface area contributed by atoms with Crippen LogP contribution >= 0.6 is 0 Å². The third-order valence-corrected chi connectivity index (χ3v) is 7.42. The fraction of sp³-hybridized carbons (Fsp3) is 0.414. The zero-order valence-corrected chi connectivity index (χ0v) is 20.4. The molecule has 35 heavy (non-hydrogen) atoms. The molecule has 0 atom stereocenters. The number of ether oxygens (including phenoxy) is 1. The predicted octanol–water partition coefficient (Wildman–Crippen LogP) is 4.74. The van der Waals surface area contributed by atoms with Gasteiger partial charge in [0.25, 0.3) is 5.91 Å². The Morgan fingerprint density at radius 1 is 1.03 bits per heavy atom. The normalized spacial score (nSPS) is 16.6. The molecule has 5 rings (SSSR count). The number of esters is 1. The number of aromatic nitrogens is 1. The fourth-order valence-corrected chi connectivity index (χ4v) is 5.43. The van der Waals surface area contributed by atoms with Crippen LogP contribution < -0.4 is 0 Å². The number of pyridine rings is 1.